The average Bonchev–Trinajstić information content (AvgIpc) is 2.01. The lowest BCUT2D eigenvalue weighted by Crippen LogP contribution is -2.10. The Hall–Kier alpha value is -0.0300. The molecular weight excluding hydrogens is 208 g/mol. The van der Waals surface area contributed by atoms with Gasteiger partial charge in [0.15, 0.2) is 0 Å². The van der Waals surface area contributed by atoms with Crippen LogP contribution in [0.2, 0.25) is 0 Å². The van der Waals surface area contributed by atoms with E-state index >= 15 is 0 Å². The molecule has 0 amide bonds. The van der Waals surface area contributed by atoms with Crippen molar-refractivity contribution >= 4 is 28.5 Å². The van der Waals surface area contributed by atoms with Crippen molar-refractivity contribution in [1.29, 1.82) is 0 Å². The van der Waals surface area contributed by atoms with Crippen LogP contribution in [-0.4, -0.2) is 38.8 Å². The van der Waals surface area contributed by atoms with E-state index in [2.05, 4.69) is 0 Å². The first-order valence-electron chi connectivity index (χ1n) is 4.11. The molecule has 0 fully saturated rings. The summed E-state index contributed by atoms with van der Waals surface area (Å²) in [4.78, 5) is 10.4. The van der Waals surface area contributed by atoms with Crippen LogP contribution in [0.1, 0.15) is 19.3 Å². The molecule has 0 rings (SSSR count). The van der Waals surface area contributed by atoms with Crippen molar-refractivity contribution in [2.24, 2.45) is 0 Å². The first-order valence-corrected chi connectivity index (χ1v) is 7.12. The van der Waals surface area contributed by atoms with Crippen LogP contribution < -0.4 is 0 Å². The molecule has 3 nitrogen and oxygen atoms in total. The fourth-order valence-corrected chi connectivity index (χ4v) is 2.30. The number of thioether (sulfide) groups is 1. The lowest BCUT2D eigenvalue weighted by Gasteiger charge is -2.10. The molecule has 0 saturated heterocycles. The number of aliphatic carboxylic acids is 1. The van der Waals surface area contributed by atoms with E-state index in [0.717, 1.165) is 12.8 Å². The molecule has 1 N–H and O–H groups in total. The number of hydrogen-bond acceptors (Lipinski definition) is 3. The van der Waals surface area contributed by atoms with Crippen molar-refractivity contribution in [2.45, 2.75) is 24.5 Å². The predicted octanol–water partition coefficient (Wildman–Crippen LogP) is 1.35. The maximum Gasteiger partial charge on any atom is 0.304 e. The molecule has 13 heavy (non-hydrogen) atoms. The van der Waals surface area contributed by atoms with Gasteiger partial charge in [0.25, 0.3) is 0 Å². The van der Waals surface area contributed by atoms with Gasteiger partial charge >= 0.3 is 5.97 Å². The second-order valence-corrected chi connectivity index (χ2v) is 5.57. The first kappa shape index (κ1) is 13.0. The summed E-state index contributed by atoms with van der Waals surface area (Å²) >= 11 is 1.57. The molecule has 0 saturated carbocycles. The maximum absolute atomic E-state index is 10.7. The van der Waals surface area contributed by atoms with Gasteiger partial charge in [0.1, 0.15) is 0 Å². The number of rotatable bonds is 7. The van der Waals surface area contributed by atoms with E-state index in [1.807, 2.05) is 6.26 Å². The molecule has 2 unspecified atom stereocenters. The average molecular weight is 224 g/mol. The van der Waals surface area contributed by atoms with Gasteiger partial charge < -0.3 is 5.11 Å². The molecule has 0 bridgehead atoms. The van der Waals surface area contributed by atoms with E-state index in [-0.39, 0.29) is 11.7 Å². The quantitative estimate of drug-likeness (QED) is 0.709. The Morgan fingerprint density at radius 3 is 2.62 bits per heavy atom. The third kappa shape index (κ3) is 8.30. The van der Waals surface area contributed by atoms with Crippen molar-refractivity contribution in [1.82, 2.24) is 0 Å². The molecule has 0 aromatic carbocycles. The van der Waals surface area contributed by atoms with Crippen LogP contribution in [-0.2, 0) is 15.6 Å². The van der Waals surface area contributed by atoms with E-state index in [9.17, 15) is 9.00 Å². The minimum Gasteiger partial charge on any atom is -0.481 e. The molecule has 0 aliphatic rings. The van der Waals surface area contributed by atoms with Crippen LogP contribution >= 0.6 is 11.8 Å². The third-order valence-corrected chi connectivity index (χ3v) is 3.63. The normalized spacial score (nSPS) is 15.2. The molecule has 0 aliphatic heterocycles. The molecule has 2 atom stereocenters. The summed E-state index contributed by atoms with van der Waals surface area (Å²) < 4.78 is 10.7. The monoisotopic (exact) mass is 224 g/mol. The summed E-state index contributed by atoms with van der Waals surface area (Å²) in [5, 5.41) is 8.72. The van der Waals surface area contributed by atoms with Crippen LogP contribution in [0.5, 0.6) is 0 Å². The van der Waals surface area contributed by atoms with Crippen molar-refractivity contribution < 1.29 is 14.1 Å². The Labute approximate surface area is 85.7 Å². The van der Waals surface area contributed by atoms with Gasteiger partial charge in [-0.1, -0.05) is 0 Å². The SMILES string of the molecule is CSC(CCCS(C)=O)CC(=O)O. The number of carboxylic acids is 1. The van der Waals surface area contributed by atoms with Crippen molar-refractivity contribution in [2.75, 3.05) is 18.3 Å². The van der Waals surface area contributed by atoms with E-state index < -0.39 is 16.8 Å². The smallest absolute Gasteiger partial charge is 0.304 e. The highest BCUT2D eigenvalue weighted by molar-refractivity contribution is 7.99. The zero-order chi connectivity index (χ0) is 10.3. The zero-order valence-electron chi connectivity index (χ0n) is 7.99. The highest BCUT2D eigenvalue weighted by atomic mass is 32.2. The standard InChI is InChI=1S/C8H16O3S2/c1-12-7(6-8(9)10)4-3-5-13(2)11/h7H,3-6H2,1-2H3,(H,9,10). The summed E-state index contributed by atoms with van der Waals surface area (Å²) in [5.41, 5.74) is 0. The number of carbonyl (C=O) groups is 1. The topological polar surface area (TPSA) is 54.4 Å². The van der Waals surface area contributed by atoms with Gasteiger partial charge in [0, 0.05) is 28.1 Å². The Balaban J connectivity index is 3.59. The molecule has 0 heterocycles. The van der Waals surface area contributed by atoms with E-state index in [1.54, 1.807) is 18.0 Å². The molecular formula is C8H16O3S2. The Bertz CT molecular complexity index is 182. The summed E-state index contributed by atoms with van der Waals surface area (Å²) in [6, 6.07) is 0. The fourth-order valence-electron chi connectivity index (χ4n) is 1.01. The lowest BCUT2D eigenvalue weighted by molar-refractivity contribution is -0.137. The second kappa shape index (κ2) is 7.38. The number of hydrogen-bond donors (Lipinski definition) is 1. The van der Waals surface area contributed by atoms with Gasteiger partial charge in [-0.15, -0.1) is 0 Å². The van der Waals surface area contributed by atoms with Crippen molar-refractivity contribution in [3.8, 4) is 0 Å². The summed E-state index contributed by atoms with van der Waals surface area (Å²) in [6.07, 6.45) is 5.48. The van der Waals surface area contributed by atoms with E-state index in [1.165, 1.54) is 0 Å². The molecule has 5 heteroatoms. The first-order chi connectivity index (χ1) is 6.06. The largest absolute Gasteiger partial charge is 0.481 e. The molecule has 0 radical (unpaired) electrons. The third-order valence-electron chi connectivity index (χ3n) is 1.69. The van der Waals surface area contributed by atoms with Crippen LogP contribution in [0.4, 0.5) is 0 Å². The van der Waals surface area contributed by atoms with Crippen LogP contribution in [0.3, 0.4) is 0 Å². The minimum absolute atomic E-state index is 0.168. The van der Waals surface area contributed by atoms with Crippen LogP contribution in [0.25, 0.3) is 0 Å². The second-order valence-electron chi connectivity index (χ2n) is 2.88. The molecule has 0 aliphatic carbocycles. The highest BCUT2D eigenvalue weighted by Gasteiger charge is 2.11. The Kier molecular flexibility index (Phi) is 7.36. The fraction of sp³-hybridized carbons (Fsp3) is 0.875. The minimum atomic E-state index is -0.753. The lowest BCUT2D eigenvalue weighted by atomic mass is 10.2. The van der Waals surface area contributed by atoms with Gasteiger partial charge in [-0.05, 0) is 19.1 Å². The molecule has 0 aromatic heterocycles. The predicted molar refractivity (Wildman–Crippen MR) is 57.7 cm³/mol. The van der Waals surface area contributed by atoms with E-state index in [4.69, 9.17) is 5.11 Å². The van der Waals surface area contributed by atoms with Gasteiger partial charge in [-0.25, -0.2) is 0 Å². The summed E-state index contributed by atoms with van der Waals surface area (Å²) in [5.74, 6) is -0.0755. The van der Waals surface area contributed by atoms with Crippen molar-refractivity contribution in [3.05, 3.63) is 0 Å². The Morgan fingerprint density at radius 1 is 1.62 bits per heavy atom. The highest BCUT2D eigenvalue weighted by Crippen LogP contribution is 2.16. The van der Waals surface area contributed by atoms with Crippen LogP contribution in [0.15, 0.2) is 0 Å². The zero-order valence-corrected chi connectivity index (χ0v) is 9.62. The van der Waals surface area contributed by atoms with Gasteiger partial charge in [0.05, 0.1) is 6.42 Å². The van der Waals surface area contributed by atoms with Gasteiger partial charge in [-0.3, -0.25) is 9.00 Å². The molecule has 0 aromatic rings. The summed E-state index contributed by atoms with van der Waals surface area (Å²) in [7, 11) is -0.753. The summed E-state index contributed by atoms with van der Waals surface area (Å²) in [6.45, 7) is 0. The molecule has 0 spiro atoms. The Morgan fingerprint density at radius 2 is 2.23 bits per heavy atom. The van der Waals surface area contributed by atoms with Gasteiger partial charge in [-0.2, -0.15) is 11.8 Å². The van der Waals surface area contributed by atoms with E-state index in [0.29, 0.717) is 5.75 Å². The number of carboxylic acid groups (broad SMARTS) is 1. The maximum atomic E-state index is 10.7. The van der Waals surface area contributed by atoms with Gasteiger partial charge in [0.2, 0.25) is 0 Å². The van der Waals surface area contributed by atoms with Crippen LogP contribution in [0, 0.1) is 0 Å². The van der Waals surface area contributed by atoms with Crippen molar-refractivity contribution in [3.63, 3.8) is 0 Å². The molecule has 78 valence electrons.